The minimum atomic E-state index is -1.57. The minimum absolute atomic E-state index is 0.0105. The Morgan fingerprint density at radius 1 is 1.04 bits per heavy atom. The summed E-state index contributed by atoms with van der Waals surface area (Å²) in [7, 11) is 6.34. The van der Waals surface area contributed by atoms with Crippen molar-refractivity contribution in [1.82, 2.24) is 4.90 Å². The molecule has 45 heavy (non-hydrogen) atoms. The lowest BCUT2D eigenvalue weighted by atomic mass is 9.46. The second-order valence-electron chi connectivity index (χ2n) is 13.9. The Hall–Kier alpha value is -2.83. The van der Waals surface area contributed by atoms with E-state index in [9.17, 15) is 19.5 Å². The van der Waals surface area contributed by atoms with E-state index in [2.05, 4.69) is 11.8 Å². The Morgan fingerprint density at radius 3 is 2.38 bits per heavy atom. The Balaban J connectivity index is 1.45. The second-order valence-corrected chi connectivity index (χ2v) is 13.9. The van der Waals surface area contributed by atoms with Crippen LogP contribution in [0.3, 0.4) is 0 Å². The van der Waals surface area contributed by atoms with Gasteiger partial charge < -0.3 is 33.5 Å². The largest absolute Gasteiger partial charge is 0.497 e. The zero-order valence-corrected chi connectivity index (χ0v) is 26.7. The fourth-order valence-electron chi connectivity index (χ4n) is 11.4. The van der Waals surface area contributed by atoms with Crippen LogP contribution in [0.25, 0.3) is 0 Å². The number of likely N-dealkylation sites (tertiary alicyclic amines) is 1. The highest BCUT2D eigenvalue weighted by atomic mass is 16.6. The molecule has 4 saturated carbocycles. The Kier molecular flexibility index (Phi) is 7.08. The smallest absolute Gasteiger partial charge is 0.338 e. The molecule has 0 amide bonds. The molecule has 244 valence electrons. The number of esters is 2. The number of ether oxygens (including phenoxy) is 6. The normalized spacial score (nSPS) is 45.4. The average Bonchev–Trinajstić information content (AvgIpc) is 3.39. The summed E-state index contributed by atoms with van der Waals surface area (Å²) < 4.78 is 36.4. The predicted molar refractivity (Wildman–Crippen MR) is 158 cm³/mol. The highest BCUT2D eigenvalue weighted by Gasteiger charge is 2.88. The van der Waals surface area contributed by atoms with Gasteiger partial charge in [0.1, 0.15) is 23.1 Å². The number of aliphatic hydroxyl groups is 1. The molecule has 1 saturated heterocycles. The van der Waals surface area contributed by atoms with E-state index in [1.807, 2.05) is 6.08 Å². The van der Waals surface area contributed by atoms with Crippen molar-refractivity contribution in [3.63, 3.8) is 0 Å². The molecule has 5 aliphatic carbocycles. The first-order valence-electron chi connectivity index (χ1n) is 15.8. The van der Waals surface area contributed by atoms with Crippen molar-refractivity contribution < 1.29 is 47.9 Å². The van der Waals surface area contributed by atoms with Crippen molar-refractivity contribution in [2.24, 2.45) is 34.5 Å². The molecular formula is C34H43NO10. The van der Waals surface area contributed by atoms with E-state index in [1.54, 1.807) is 51.7 Å². The number of ketones is 1. The van der Waals surface area contributed by atoms with Crippen LogP contribution >= 0.6 is 0 Å². The van der Waals surface area contributed by atoms with E-state index >= 15 is 0 Å². The van der Waals surface area contributed by atoms with Crippen LogP contribution in [0.15, 0.2) is 36.4 Å². The van der Waals surface area contributed by atoms with Crippen molar-refractivity contribution in [3.05, 3.63) is 42.0 Å². The van der Waals surface area contributed by atoms with Crippen LogP contribution in [0, 0.1) is 34.5 Å². The number of fused-ring (bicyclic) bond motifs is 2. The lowest BCUT2D eigenvalue weighted by Gasteiger charge is -2.65. The summed E-state index contributed by atoms with van der Waals surface area (Å²) in [5, 5.41) is 12.6. The molecule has 7 rings (SSSR count). The van der Waals surface area contributed by atoms with Crippen molar-refractivity contribution in [3.8, 4) is 5.75 Å². The molecule has 12 atom stereocenters. The number of rotatable bonds is 9. The summed E-state index contributed by atoms with van der Waals surface area (Å²) in [6.45, 7) is 4.80. The maximum atomic E-state index is 14.0. The van der Waals surface area contributed by atoms with Gasteiger partial charge in [-0.15, -0.1) is 0 Å². The molecule has 7 bridgehead atoms. The third-order valence-corrected chi connectivity index (χ3v) is 12.5. The van der Waals surface area contributed by atoms with Gasteiger partial charge >= 0.3 is 11.9 Å². The molecule has 1 aromatic rings. The maximum absolute atomic E-state index is 14.0. The molecular weight excluding hydrogens is 582 g/mol. The number of hydrogen-bond acceptors (Lipinski definition) is 11. The zero-order chi connectivity index (χ0) is 32.1. The number of benzene rings is 1. The first kappa shape index (κ1) is 30.8. The van der Waals surface area contributed by atoms with Crippen molar-refractivity contribution in [1.29, 1.82) is 0 Å². The lowest BCUT2D eigenvalue weighted by molar-refractivity contribution is -0.265. The summed E-state index contributed by atoms with van der Waals surface area (Å²) in [6.07, 6.45) is 1.84. The third-order valence-electron chi connectivity index (χ3n) is 12.5. The molecule has 1 aromatic carbocycles. The summed E-state index contributed by atoms with van der Waals surface area (Å²) in [5.41, 5.74) is -4.04. The summed E-state index contributed by atoms with van der Waals surface area (Å²) >= 11 is 0. The minimum Gasteiger partial charge on any atom is -0.497 e. The molecule has 1 N–H and O–H groups in total. The maximum Gasteiger partial charge on any atom is 0.338 e. The molecule has 11 nitrogen and oxygen atoms in total. The standard InChI is InChI=1S/C34H43NO10/c1-7-35-16-31(17-40-3)22(37)12-13-32-21-14-33(39)23(42-5)15-34(45-18(2)36,25(28(32)35)26(43-6)27(31)32)24(21)29(33)44-30(38)19-8-10-20(41-4)11-9-19/h8-13,21,23-29,39H,7,14-17H2,1-6H3/t21-,23+,24?,25?,26+,27?,28-,29-,31+,32-,33+,34-/m1/s1. The number of carbonyl (C=O) groups is 3. The van der Waals surface area contributed by atoms with Crippen LogP contribution < -0.4 is 4.74 Å². The third kappa shape index (κ3) is 3.67. The number of allylic oxidation sites excluding steroid dienone is 1. The van der Waals surface area contributed by atoms with Gasteiger partial charge in [-0.25, -0.2) is 4.79 Å². The molecule has 1 spiro atoms. The number of nitrogens with zero attached hydrogens (tertiary/aromatic N) is 1. The predicted octanol–water partition coefficient (Wildman–Crippen LogP) is 2.05. The van der Waals surface area contributed by atoms with E-state index in [0.29, 0.717) is 24.4 Å². The molecule has 1 aliphatic heterocycles. The topological polar surface area (TPSA) is 130 Å². The summed E-state index contributed by atoms with van der Waals surface area (Å²) in [5.74, 6) is -2.13. The summed E-state index contributed by atoms with van der Waals surface area (Å²) in [6, 6.07) is 6.43. The monoisotopic (exact) mass is 625 g/mol. The van der Waals surface area contributed by atoms with Crippen LogP contribution in [-0.2, 0) is 33.3 Å². The highest BCUT2D eigenvalue weighted by Crippen LogP contribution is 2.79. The van der Waals surface area contributed by atoms with E-state index in [0.717, 1.165) is 0 Å². The van der Waals surface area contributed by atoms with Gasteiger partial charge in [0.05, 0.1) is 36.9 Å². The Morgan fingerprint density at radius 2 is 1.78 bits per heavy atom. The molecule has 6 aliphatic rings. The van der Waals surface area contributed by atoms with Crippen LogP contribution in [-0.4, -0.2) is 111 Å². The Labute approximate surface area is 263 Å². The van der Waals surface area contributed by atoms with E-state index in [1.165, 1.54) is 14.0 Å². The van der Waals surface area contributed by atoms with Gasteiger partial charge in [0.15, 0.2) is 5.78 Å². The van der Waals surface area contributed by atoms with Gasteiger partial charge in [-0.05, 0) is 49.2 Å². The van der Waals surface area contributed by atoms with Gasteiger partial charge in [0.25, 0.3) is 0 Å². The summed E-state index contributed by atoms with van der Waals surface area (Å²) in [4.78, 5) is 43.3. The van der Waals surface area contributed by atoms with Crippen LogP contribution in [0.1, 0.15) is 37.0 Å². The number of methoxy groups -OCH3 is 4. The number of hydrogen-bond donors (Lipinski definition) is 1. The molecule has 11 heteroatoms. The SMILES string of the molecule is CCN1C[C@]2(COC)C(=O)C=C[C@@]34C2[C@@H](OC)C([C@@H]13)[C@@]1(OC(C)=O)C[C@H](OC)[C@@]2(O)C[C@@H]4C1[C@H]2OC(=O)c1ccc(OC)cc1. The van der Waals surface area contributed by atoms with Crippen molar-refractivity contribution >= 4 is 17.7 Å². The van der Waals surface area contributed by atoms with Crippen LogP contribution in [0.4, 0.5) is 0 Å². The fourth-order valence-corrected chi connectivity index (χ4v) is 11.4. The van der Waals surface area contributed by atoms with Gasteiger partial charge in [-0.2, -0.15) is 0 Å². The molecule has 5 fully saturated rings. The van der Waals surface area contributed by atoms with Gasteiger partial charge in [0.2, 0.25) is 0 Å². The molecule has 3 unspecified atom stereocenters. The van der Waals surface area contributed by atoms with Crippen LogP contribution in [0.2, 0.25) is 0 Å². The Bertz CT molecular complexity index is 1430. The van der Waals surface area contributed by atoms with Crippen molar-refractivity contribution in [2.75, 3.05) is 48.1 Å². The van der Waals surface area contributed by atoms with E-state index < -0.39 is 64.1 Å². The fraction of sp³-hybridized carbons (Fsp3) is 0.676. The van der Waals surface area contributed by atoms with Gasteiger partial charge in [-0.1, -0.05) is 13.0 Å². The quantitative estimate of drug-likeness (QED) is 0.405. The lowest BCUT2D eigenvalue weighted by Crippen LogP contribution is -2.75. The van der Waals surface area contributed by atoms with Gasteiger partial charge in [-0.3, -0.25) is 14.5 Å². The number of carbonyl (C=O) groups excluding carboxylic acids is 3. The van der Waals surface area contributed by atoms with E-state index in [-0.39, 0.29) is 43.1 Å². The van der Waals surface area contributed by atoms with Crippen LogP contribution in [0.5, 0.6) is 5.75 Å². The first-order chi connectivity index (χ1) is 21.5. The van der Waals surface area contributed by atoms with Crippen molar-refractivity contribution in [2.45, 2.75) is 62.2 Å². The molecule has 1 heterocycles. The first-order valence-corrected chi connectivity index (χ1v) is 15.8. The van der Waals surface area contributed by atoms with E-state index in [4.69, 9.17) is 28.4 Å². The molecule has 0 aromatic heterocycles. The average molecular weight is 626 g/mol. The highest BCUT2D eigenvalue weighted by molar-refractivity contribution is 5.97. The van der Waals surface area contributed by atoms with Gasteiger partial charge in [0, 0.05) is 70.4 Å². The zero-order valence-electron chi connectivity index (χ0n) is 26.7. The second kappa shape index (κ2) is 10.3. The molecule has 0 radical (unpaired) electrons. The number of piperidine rings is 1.